The lowest BCUT2D eigenvalue weighted by Gasteiger charge is -2.34. The summed E-state index contributed by atoms with van der Waals surface area (Å²) in [4.78, 5) is 41.0. The maximum atomic E-state index is 12.6. The summed E-state index contributed by atoms with van der Waals surface area (Å²) in [6.45, 7) is 1.48. The van der Waals surface area contributed by atoms with Gasteiger partial charge >= 0.3 is 0 Å². The van der Waals surface area contributed by atoms with Crippen molar-refractivity contribution in [1.82, 2.24) is 19.4 Å². The van der Waals surface area contributed by atoms with Gasteiger partial charge in [-0.25, -0.2) is 4.52 Å². The summed E-state index contributed by atoms with van der Waals surface area (Å²) in [6.07, 6.45) is 3.15. The van der Waals surface area contributed by atoms with Crippen molar-refractivity contribution in [3.05, 3.63) is 72.1 Å². The van der Waals surface area contributed by atoms with E-state index in [2.05, 4.69) is 5.10 Å². The molecule has 0 aliphatic carbocycles. The van der Waals surface area contributed by atoms with E-state index in [1.54, 1.807) is 45.9 Å². The van der Waals surface area contributed by atoms with E-state index in [0.717, 1.165) is 0 Å². The van der Waals surface area contributed by atoms with Gasteiger partial charge in [0.15, 0.2) is 0 Å². The Morgan fingerprint density at radius 1 is 0.815 bits per heavy atom. The number of fused-ring (bicyclic) bond motifs is 1. The van der Waals surface area contributed by atoms with Gasteiger partial charge in [0.05, 0.1) is 17.3 Å². The number of carbonyl (C=O) groups excluding carboxylic acids is 3. The molecule has 27 heavy (non-hydrogen) atoms. The summed E-state index contributed by atoms with van der Waals surface area (Å²) in [6, 6.07) is 14.4. The number of hydrogen-bond acceptors (Lipinski definition) is 4. The molecule has 1 saturated heterocycles. The van der Waals surface area contributed by atoms with Gasteiger partial charge in [0, 0.05) is 37.9 Å². The van der Waals surface area contributed by atoms with Gasteiger partial charge in [-0.05, 0) is 24.3 Å². The predicted octanol–water partition coefficient (Wildman–Crippen LogP) is 1.50. The first-order chi connectivity index (χ1) is 13.1. The molecule has 4 rings (SSSR count). The summed E-state index contributed by atoms with van der Waals surface area (Å²) in [7, 11) is 0. The lowest BCUT2D eigenvalue weighted by Crippen LogP contribution is -2.52. The van der Waals surface area contributed by atoms with E-state index in [0.29, 0.717) is 42.8 Å². The Labute approximate surface area is 155 Å². The second-order valence-electron chi connectivity index (χ2n) is 6.37. The minimum Gasteiger partial charge on any atom is -0.335 e. The van der Waals surface area contributed by atoms with Gasteiger partial charge in [-0.1, -0.05) is 24.3 Å². The normalized spacial score (nSPS) is 14.4. The van der Waals surface area contributed by atoms with E-state index < -0.39 is 11.7 Å². The first kappa shape index (κ1) is 17.0. The molecule has 1 aromatic carbocycles. The summed E-state index contributed by atoms with van der Waals surface area (Å²) in [5.41, 5.74) is 1.52. The van der Waals surface area contributed by atoms with Crippen LogP contribution in [0.15, 0.2) is 60.9 Å². The standard InChI is InChI=1S/C20H18N4O3/c25-18(16-14-21-24-9-5-4-8-17(16)24)20(27)23-12-10-22(11-13-23)19(26)15-6-2-1-3-7-15/h1-9,14H,10-13H2. The molecule has 7 nitrogen and oxygen atoms in total. The predicted molar refractivity (Wildman–Crippen MR) is 98.4 cm³/mol. The van der Waals surface area contributed by atoms with Crippen molar-refractivity contribution in [2.75, 3.05) is 26.2 Å². The van der Waals surface area contributed by atoms with E-state index in [-0.39, 0.29) is 5.91 Å². The lowest BCUT2D eigenvalue weighted by atomic mass is 10.1. The number of ketones is 1. The van der Waals surface area contributed by atoms with Crippen LogP contribution in [0, 0.1) is 0 Å². The molecule has 2 aromatic heterocycles. The van der Waals surface area contributed by atoms with Gasteiger partial charge in [-0.15, -0.1) is 0 Å². The first-order valence-electron chi connectivity index (χ1n) is 8.75. The van der Waals surface area contributed by atoms with Gasteiger partial charge in [-0.3, -0.25) is 14.4 Å². The quantitative estimate of drug-likeness (QED) is 0.523. The second kappa shape index (κ2) is 7.03. The van der Waals surface area contributed by atoms with Gasteiger partial charge in [-0.2, -0.15) is 5.10 Å². The molecule has 0 atom stereocenters. The minimum absolute atomic E-state index is 0.0587. The molecule has 7 heteroatoms. The van der Waals surface area contributed by atoms with Crippen LogP contribution in [0.2, 0.25) is 0 Å². The smallest absolute Gasteiger partial charge is 0.295 e. The number of nitrogens with zero attached hydrogens (tertiary/aromatic N) is 4. The summed E-state index contributed by atoms with van der Waals surface area (Å²) in [5, 5.41) is 4.11. The third kappa shape index (κ3) is 3.19. The summed E-state index contributed by atoms with van der Waals surface area (Å²) >= 11 is 0. The van der Waals surface area contributed by atoms with E-state index in [1.807, 2.05) is 18.2 Å². The number of pyridine rings is 1. The maximum absolute atomic E-state index is 12.6. The van der Waals surface area contributed by atoms with E-state index in [9.17, 15) is 14.4 Å². The van der Waals surface area contributed by atoms with Crippen LogP contribution in [0.4, 0.5) is 0 Å². The van der Waals surface area contributed by atoms with E-state index >= 15 is 0 Å². The third-order valence-electron chi connectivity index (χ3n) is 4.74. The Morgan fingerprint density at radius 2 is 1.48 bits per heavy atom. The SMILES string of the molecule is O=C(C(=O)N1CCN(C(=O)c2ccccc2)CC1)c1cnn2ccccc12. The topological polar surface area (TPSA) is 75.0 Å². The number of rotatable bonds is 3. The number of piperazine rings is 1. The zero-order valence-corrected chi connectivity index (χ0v) is 14.6. The van der Waals surface area contributed by atoms with E-state index in [1.165, 1.54) is 11.1 Å². The average Bonchev–Trinajstić information content (AvgIpc) is 3.17. The van der Waals surface area contributed by atoms with Crippen LogP contribution in [-0.2, 0) is 4.79 Å². The highest BCUT2D eigenvalue weighted by Gasteiger charge is 2.30. The van der Waals surface area contributed by atoms with Crippen LogP contribution in [0.5, 0.6) is 0 Å². The van der Waals surface area contributed by atoms with E-state index in [4.69, 9.17) is 0 Å². The molecule has 0 N–H and O–H groups in total. The molecule has 3 aromatic rings. The number of aromatic nitrogens is 2. The molecule has 136 valence electrons. The monoisotopic (exact) mass is 362 g/mol. The van der Waals surface area contributed by atoms with Crippen molar-refractivity contribution in [2.45, 2.75) is 0 Å². The van der Waals surface area contributed by atoms with Crippen molar-refractivity contribution >= 4 is 23.1 Å². The molecule has 1 fully saturated rings. The highest BCUT2D eigenvalue weighted by Crippen LogP contribution is 2.14. The fourth-order valence-corrected chi connectivity index (χ4v) is 3.24. The molecule has 1 aliphatic heterocycles. The van der Waals surface area contributed by atoms with Crippen molar-refractivity contribution in [3.63, 3.8) is 0 Å². The molecule has 0 bridgehead atoms. The van der Waals surface area contributed by atoms with Crippen LogP contribution in [0.1, 0.15) is 20.7 Å². The maximum Gasteiger partial charge on any atom is 0.295 e. The summed E-state index contributed by atoms with van der Waals surface area (Å²) < 4.78 is 1.57. The third-order valence-corrected chi connectivity index (χ3v) is 4.74. The Kier molecular flexibility index (Phi) is 4.42. The van der Waals surface area contributed by atoms with Gasteiger partial charge in [0.25, 0.3) is 17.6 Å². The zero-order chi connectivity index (χ0) is 18.8. The Balaban J connectivity index is 1.43. The molecular weight excluding hydrogens is 344 g/mol. The average molecular weight is 362 g/mol. The first-order valence-corrected chi connectivity index (χ1v) is 8.75. The molecule has 1 aliphatic rings. The summed E-state index contributed by atoms with van der Waals surface area (Å²) in [5.74, 6) is -1.18. The highest BCUT2D eigenvalue weighted by atomic mass is 16.2. The fourth-order valence-electron chi connectivity index (χ4n) is 3.24. The number of Topliss-reactive ketones (excluding diaryl/α,β-unsaturated/α-hetero) is 1. The Morgan fingerprint density at radius 3 is 2.22 bits per heavy atom. The molecule has 2 amide bonds. The zero-order valence-electron chi connectivity index (χ0n) is 14.6. The molecule has 0 radical (unpaired) electrons. The van der Waals surface area contributed by atoms with Crippen molar-refractivity contribution < 1.29 is 14.4 Å². The molecular formula is C20H18N4O3. The number of carbonyl (C=O) groups is 3. The van der Waals surface area contributed by atoms with Gasteiger partial charge in [0.2, 0.25) is 0 Å². The van der Waals surface area contributed by atoms with Gasteiger partial charge < -0.3 is 9.80 Å². The van der Waals surface area contributed by atoms with Crippen LogP contribution in [0.3, 0.4) is 0 Å². The number of hydrogen-bond donors (Lipinski definition) is 0. The second-order valence-corrected chi connectivity index (χ2v) is 6.37. The van der Waals surface area contributed by atoms with Crippen molar-refractivity contribution in [3.8, 4) is 0 Å². The Bertz CT molecular complexity index is 1000. The van der Waals surface area contributed by atoms with Crippen LogP contribution in [-0.4, -0.2) is 63.2 Å². The number of benzene rings is 1. The molecule has 3 heterocycles. The van der Waals surface area contributed by atoms with Crippen molar-refractivity contribution in [1.29, 1.82) is 0 Å². The van der Waals surface area contributed by atoms with Crippen LogP contribution >= 0.6 is 0 Å². The fraction of sp³-hybridized carbons (Fsp3) is 0.200. The lowest BCUT2D eigenvalue weighted by molar-refractivity contribution is -0.127. The molecule has 0 spiro atoms. The Hall–Kier alpha value is -3.48. The number of amides is 2. The minimum atomic E-state index is -0.570. The largest absolute Gasteiger partial charge is 0.335 e. The van der Waals surface area contributed by atoms with Crippen LogP contribution < -0.4 is 0 Å². The molecule has 0 saturated carbocycles. The van der Waals surface area contributed by atoms with Gasteiger partial charge in [0.1, 0.15) is 0 Å². The highest BCUT2D eigenvalue weighted by molar-refractivity contribution is 6.44. The van der Waals surface area contributed by atoms with Crippen LogP contribution in [0.25, 0.3) is 5.52 Å². The van der Waals surface area contributed by atoms with Crippen molar-refractivity contribution in [2.24, 2.45) is 0 Å². The molecule has 0 unspecified atom stereocenters.